The van der Waals surface area contributed by atoms with Gasteiger partial charge in [0.25, 0.3) is 0 Å². The summed E-state index contributed by atoms with van der Waals surface area (Å²) in [6, 6.07) is 12.7. The van der Waals surface area contributed by atoms with E-state index in [1.165, 1.54) is 24.5 Å². The maximum absolute atomic E-state index is 13.6. The van der Waals surface area contributed by atoms with Crippen molar-refractivity contribution in [2.24, 2.45) is 5.92 Å². The lowest BCUT2D eigenvalue weighted by atomic mass is 9.78. The minimum atomic E-state index is -0.161. The number of hydrogen-bond donors (Lipinski definition) is 2. The Morgan fingerprint density at radius 2 is 1.86 bits per heavy atom. The van der Waals surface area contributed by atoms with Gasteiger partial charge in [-0.25, -0.2) is 4.39 Å². The molecule has 1 aliphatic carbocycles. The average molecular weight is 397 g/mol. The second-order valence-electron chi connectivity index (χ2n) is 7.86. The van der Waals surface area contributed by atoms with Gasteiger partial charge in [-0.15, -0.1) is 0 Å². The summed E-state index contributed by atoms with van der Waals surface area (Å²) in [5, 5.41) is 4.57. The van der Waals surface area contributed by atoms with E-state index < -0.39 is 0 Å². The molecular formula is C24H29FN2O2. The SMILES string of the molecule is COc1ccccc1OCCNC[C@H]1CC[C@H](c2c[nH]c3ccc(F)cc32)CC1. The predicted molar refractivity (Wildman–Crippen MR) is 114 cm³/mol. The Kier molecular flexibility index (Phi) is 6.35. The summed E-state index contributed by atoms with van der Waals surface area (Å²) in [6.07, 6.45) is 6.80. The molecular weight excluding hydrogens is 367 g/mol. The Morgan fingerprint density at radius 1 is 1.07 bits per heavy atom. The Balaban J connectivity index is 1.20. The van der Waals surface area contributed by atoms with Gasteiger partial charge in [-0.1, -0.05) is 12.1 Å². The van der Waals surface area contributed by atoms with Gasteiger partial charge >= 0.3 is 0 Å². The summed E-state index contributed by atoms with van der Waals surface area (Å²) in [6.45, 7) is 2.46. The zero-order chi connectivity index (χ0) is 20.1. The zero-order valence-electron chi connectivity index (χ0n) is 16.9. The second kappa shape index (κ2) is 9.31. The van der Waals surface area contributed by atoms with E-state index in [2.05, 4.69) is 16.5 Å². The zero-order valence-corrected chi connectivity index (χ0v) is 16.9. The molecule has 0 amide bonds. The van der Waals surface area contributed by atoms with Crippen LogP contribution in [0.3, 0.4) is 0 Å². The average Bonchev–Trinajstić information content (AvgIpc) is 3.17. The highest BCUT2D eigenvalue weighted by atomic mass is 19.1. The molecule has 0 bridgehead atoms. The fourth-order valence-electron chi connectivity index (χ4n) is 4.41. The number of hydrogen-bond acceptors (Lipinski definition) is 3. The quantitative estimate of drug-likeness (QED) is 0.511. The van der Waals surface area contributed by atoms with Crippen molar-refractivity contribution in [1.82, 2.24) is 10.3 Å². The fourth-order valence-corrected chi connectivity index (χ4v) is 4.41. The fraction of sp³-hybridized carbons (Fsp3) is 0.417. The Bertz CT molecular complexity index is 932. The van der Waals surface area contributed by atoms with Gasteiger partial charge in [0.15, 0.2) is 11.5 Å². The molecule has 0 radical (unpaired) electrons. The molecule has 29 heavy (non-hydrogen) atoms. The van der Waals surface area contributed by atoms with E-state index in [-0.39, 0.29) is 5.82 Å². The number of para-hydroxylation sites is 2. The summed E-state index contributed by atoms with van der Waals surface area (Å²) in [4.78, 5) is 3.29. The number of nitrogens with one attached hydrogen (secondary N) is 2. The van der Waals surface area contributed by atoms with Gasteiger partial charge in [0.05, 0.1) is 7.11 Å². The number of benzene rings is 2. The van der Waals surface area contributed by atoms with Crippen molar-refractivity contribution in [2.75, 3.05) is 26.8 Å². The molecule has 0 saturated heterocycles. The Hall–Kier alpha value is -2.53. The number of H-pyrrole nitrogens is 1. The number of rotatable bonds is 8. The van der Waals surface area contributed by atoms with Gasteiger partial charge in [-0.3, -0.25) is 0 Å². The standard InChI is InChI=1S/C24H29FN2O2/c1-28-23-4-2-3-5-24(23)29-13-12-26-15-17-6-8-18(9-7-17)21-16-27-22-11-10-19(25)14-20(21)22/h2-5,10-11,14,16-18,26-27H,6-9,12-13,15H2,1H3/t17-,18-. The van der Waals surface area contributed by atoms with Crippen LogP contribution in [0.5, 0.6) is 11.5 Å². The van der Waals surface area contributed by atoms with Crippen LogP contribution in [0.1, 0.15) is 37.2 Å². The molecule has 5 heteroatoms. The van der Waals surface area contributed by atoms with Crippen LogP contribution in [0.15, 0.2) is 48.7 Å². The van der Waals surface area contributed by atoms with E-state index in [0.29, 0.717) is 18.4 Å². The monoisotopic (exact) mass is 396 g/mol. The number of methoxy groups -OCH3 is 1. The van der Waals surface area contributed by atoms with Crippen molar-refractivity contribution >= 4 is 10.9 Å². The van der Waals surface area contributed by atoms with Gasteiger partial charge in [-0.2, -0.15) is 0 Å². The molecule has 154 valence electrons. The lowest BCUT2D eigenvalue weighted by molar-refractivity contribution is 0.275. The van der Waals surface area contributed by atoms with Crippen molar-refractivity contribution in [3.8, 4) is 11.5 Å². The molecule has 4 rings (SSSR count). The highest BCUT2D eigenvalue weighted by molar-refractivity contribution is 5.83. The van der Waals surface area contributed by atoms with Crippen LogP contribution in [-0.4, -0.2) is 31.8 Å². The third kappa shape index (κ3) is 4.73. The van der Waals surface area contributed by atoms with Crippen molar-refractivity contribution in [1.29, 1.82) is 0 Å². The smallest absolute Gasteiger partial charge is 0.161 e. The maximum atomic E-state index is 13.6. The first kappa shape index (κ1) is 19.8. The maximum Gasteiger partial charge on any atom is 0.161 e. The van der Waals surface area contributed by atoms with E-state index in [4.69, 9.17) is 9.47 Å². The summed E-state index contributed by atoms with van der Waals surface area (Å²) in [5.41, 5.74) is 2.30. The molecule has 3 aromatic rings. The van der Waals surface area contributed by atoms with Gasteiger partial charge in [0.1, 0.15) is 12.4 Å². The second-order valence-corrected chi connectivity index (χ2v) is 7.86. The third-order valence-corrected chi connectivity index (χ3v) is 6.00. The molecule has 0 unspecified atom stereocenters. The minimum Gasteiger partial charge on any atom is -0.493 e. The lowest BCUT2D eigenvalue weighted by Crippen LogP contribution is -2.29. The van der Waals surface area contributed by atoms with Crippen LogP contribution >= 0.6 is 0 Å². The van der Waals surface area contributed by atoms with Gasteiger partial charge < -0.3 is 19.8 Å². The summed E-state index contributed by atoms with van der Waals surface area (Å²) < 4.78 is 24.8. The number of ether oxygens (including phenoxy) is 2. The van der Waals surface area contributed by atoms with Crippen LogP contribution in [-0.2, 0) is 0 Å². The van der Waals surface area contributed by atoms with E-state index >= 15 is 0 Å². The summed E-state index contributed by atoms with van der Waals surface area (Å²) in [5.74, 6) is 2.61. The van der Waals surface area contributed by atoms with Crippen molar-refractivity contribution in [3.63, 3.8) is 0 Å². The molecule has 0 atom stereocenters. The number of aromatic amines is 1. The van der Waals surface area contributed by atoms with E-state index in [0.717, 1.165) is 48.3 Å². The number of halogens is 1. The van der Waals surface area contributed by atoms with Crippen LogP contribution < -0.4 is 14.8 Å². The Morgan fingerprint density at radius 3 is 2.66 bits per heavy atom. The number of fused-ring (bicyclic) bond motifs is 1. The molecule has 2 aromatic carbocycles. The summed E-state index contributed by atoms with van der Waals surface area (Å²) in [7, 11) is 1.66. The lowest BCUT2D eigenvalue weighted by Gasteiger charge is -2.28. The van der Waals surface area contributed by atoms with Crippen molar-refractivity contribution in [2.45, 2.75) is 31.6 Å². The Labute approximate surface area is 171 Å². The van der Waals surface area contributed by atoms with Gasteiger partial charge in [0, 0.05) is 23.6 Å². The van der Waals surface area contributed by atoms with Crippen LogP contribution in [0, 0.1) is 11.7 Å². The molecule has 0 spiro atoms. The number of aromatic nitrogens is 1. The van der Waals surface area contributed by atoms with Crippen LogP contribution in [0.4, 0.5) is 4.39 Å². The first-order valence-electron chi connectivity index (χ1n) is 10.5. The molecule has 1 fully saturated rings. The topological polar surface area (TPSA) is 46.3 Å². The molecule has 2 N–H and O–H groups in total. The van der Waals surface area contributed by atoms with Crippen LogP contribution in [0.25, 0.3) is 10.9 Å². The normalized spacial score (nSPS) is 19.4. The third-order valence-electron chi connectivity index (χ3n) is 6.00. The molecule has 1 heterocycles. The predicted octanol–water partition coefficient (Wildman–Crippen LogP) is 5.26. The van der Waals surface area contributed by atoms with Gasteiger partial charge in [0.2, 0.25) is 0 Å². The van der Waals surface area contributed by atoms with E-state index in [1.807, 2.05) is 30.3 Å². The first-order valence-corrected chi connectivity index (χ1v) is 10.5. The molecule has 1 saturated carbocycles. The van der Waals surface area contributed by atoms with Gasteiger partial charge in [-0.05, 0) is 80.0 Å². The first-order chi connectivity index (χ1) is 14.2. The highest BCUT2D eigenvalue weighted by Crippen LogP contribution is 2.38. The molecule has 0 aliphatic heterocycles. The molecule has 4 nitrogen and oxygen atoms in total. The summed E-state index contributed by atoms with van der Waals surface area (Å²) >= 11 is 0. The van der Waals surface area contributed by atoms with E-state index in [1.54, 1.807) is 13.2 Å². The van der Waals surface area contributed by atoms with Crippen molar-refractivity contribution < 1.29 is 13.9 Å². The minimum absolute atomic E-state index is 0.161. The largest absolute Gasteiger partial charge is 0.493 e. The van der Waals surface area contributed by atoms with E-state index in [9.17, 15) is 4.39 Å². The van der Waals surface area contributed by atoms with Crippen LogP contribution in [0.2, 0.25) is 0 Å². The highest BCUT2D eigenvalue weighted by Gasteiger charge is 2.24. The molecule has 1 aliphatic rings. The van der Waals surface area contributed by atoms with Crippen molar-refractivity contribution in [3.05, 3.63) is 60.0 Å². The molecule has 1 aromatic heterocycles.